The fraction of sp³-hybridized carbons (Fsp3) is 0.417. The van der Waals surface area contributed by atoms with Crippen molar-refractivity contribution in [2.75, 3.05) is 6.54 Å². The first-order chi connectivity index (χ1) is 7.25. The number of phenolic OH excluding ortho intramolecular Hbond substituents is 1. The maximum absolute atomic E-state index is 11.6. The second kappa shape index (κ2) is 4.34. The summed E-state index contributed by atoms with van der Waals surface area (Å²) in [6, 6.07) is 6.31. The molecule has 1 aliphatic rings. The molecule has 0 atom stereocenters. The van der Waals surface area contributed by atoms with Crippen LogP contribution in [0.25, 0.3) is 0 Å². The van der Waals surface area contributed by atoms with Crippen LogP contribution in [0, 0.1) is 5.92 Å². The third kappa shape index (κ3) is 2.49. The van der Waals surface area contributed by atoms with E-state index in [2.05, 4.69) is 5.32 Å². The lowest BCUT2D eigenvalue weighted by Crippen LogP contribution is -2.32. The molecule has 0 bridgehead atoms. The Morgan fingerprint density at radius 2 is 2.00 bits per heavy atom. The molecule has 1 aliphatic carbocycles. The number of hydrogen-bond donors (Lipinski definition) is 2. The molecule has 1 fully saturated rings. The Morgan fingerprint density at radius 1 is 1.33 bits per heavy atom. The average molecular weight is 205 g/mol. The Morgan fingerprint density at radius 3 is 2.53 bits per heavy atom. The van der Waals surface area contributed by atoms with Crippen molar-refractivity contribution in [2.45, 2.75) is 19.3 Å². The van der Waals surface area contributed by atoms with Crippen LogP contribution in [-0.2, 0) is 0 Å². The van der Waals surface area contributed by atoms with Gasteiger partial charge in [-0.15, -0.1) is 0 Å². The van der Waals surface area contributed by atoms with Crippen LogP contribution in [0.5, 0.6) is 5.75 Å². The van der Waals surface area contributed by atoms with Crippen molar-refractivity contribution < 1.29 is 9.90 Å². The second-order valence-corrected chi connectivity index (χ2v) is 4.05. The Bertz CT molecular complexity index is 341. The van der Waals surface area contributed by atoms with E-state index in [1.54, 1.807) is 12.1 Å². The zero-order valence-electron chi connectivity index (χ0n) is 8.57. The molecule has 3 heteroatoms. The van der Waals surface area contributed by atoms with Crippen molar-refractivity contribution in [3.05, 3.63) is 29.8 Å². The highest BCUT2D eigenvalue weighted by atomic mass is 16.3. The number of rotatable bonds is 3. The number of carbonyl (C=O) groups is 1. The molecule has 2 rings (SSSR count). The van der Waals surface area contributed by atoms with Gasteiger partial charge >= 0.3 is 0 Å². The van der Waals surface area contributed by atoms with Gasteiger partial charge in [-0.25, -0.2) is 0 Å². The summed E-state index contributed by atoms with van der Waals surface area (Å²) in [6.07, 6.45) is 3.76. The predicted molar refractivity (Wildman–Crippen MR) is 57.8 cm³/mol. The van der Waals surface area contributed by atoms with Crippen LogP contribution in [0.3, 0.4) is 0 Å². The van der Waals surface area contributed by atoms with Crippen LogP contribution >= 0.6 is 0 Å². The normalized spacial score (nSPS) is 15.7. The first-order valence-corrected chi connectivity index (χ1v) is 5.33. The maximum atomic E-state index is 11.6. The van der Waals surface area contributed by atoms with Gasteiger partial charge in [-0.3, -0.25) is 4.79 Å². The van der Waals surface area contributed by atoms with Crippen LogP contribution in [0.4, 0.5) is 0 Å². The van der Waals surface area contributed by atoms with Crippen molar-refractivity contribution in [1.29, 1.82) is 0 Å². The number of carbonyl (C=O) groups excluding carboxylic acids is 1. The summed E-state index contributed by atoms with van der Waals surface area (Å²) in [4.78, 5) is 11.6. The molecule has 1 amide bonds. The summed E-state index contributed by atoms with van der Waals surface area (Å²) in [5, 5.41) is 12.0. The number of phenols is 1. The van der Waals surface area contributed by atoms with Crippen LogP contribution in [0.2, 0.25) is 0 Å². The fourth-order valence-corrected chi connectivity index (χ4v) is 1.65. The number of benzene rings is 1. The van der Waals surface area contributed by atoms with Gasteiger partial charge in [0.2, 0.25) is 0 Å². The third-order valence-electron chi connectivity index (χ3n) is 2.91. The Balaban J connectivity index is 1.86. The molecule has 0 saturated heterocycles. The van der Waals surface area contributed by atoms with E-state index in [1.165, 1.54) is 31.4 Å². The molecule has 1 aromatic carbocycles. The molecule has 80 valence electrons. The minimum absolute atomic E-state index is 0.0538. The van der Waals surface area contributed by atoms with E-state index in [1.807, 2.05) is 0 Å². The molecular weight excluding hydrogens is 190 g/mol. The number of amides is 1. The van der Waals surface area contributed by atoms with Crippen molar-refractivity contribution >= 4 is 5.91 Å². The van der Waals surface area contributed by atoms with Gasteiger partial charge in [0.15, 0.2) is 0 Å². The molecule has 15 heavy (non-hydrogen) atoms. The molecule has 0 aliphatic heterocycles. The van der Waals surface area contributed by atoms with E-state index in [4.69, 9.17) is 5.11 Å². The second-order valence-electron chi connectivity index (χ2n) is 4.05. The molecular formula is C12H15NO2. The largest absolute Gasteiger partial charge is 0.508 e. The third-order valence-corrected chi connectivity index (χ3v) is 2.91. The summed E-state index contributed by atoms with van der Waals surface area (Å²) in [7, 11) is 0. The molecule has 1 saturated carbocycles. The molecule has 2 N–H and O–H groups in total. The van der Waals surface area contributed by atoms with Gasteiger partial charge < -0.3 is 10.4 Å². The Kier molecular flexibility index (Phi) is 2.90. The van der Waals surface area contributed by atoms with E-state index in [0.717, 1.165) is 6.54 Å². The molecule has 0 heterocycles. The van der Waals surface area contributed by atoms with Crippen molar-refractivity contribution in [3.63, 3.8) is 0 Å². The lowest BCUT2D eigenvalue weighted by Gasteiger charge is -2.25. The van der Waals surface area contributed by atoms with Gasteiger partial charge in [0, 0.05) is 12.1 Å². The van der Waals surface area contributed by atoms with E-state index < -0.39 is 0 Å². The highest BCUT2D eigenvalue weighted by Crippen LogP contribution is 2.25. The summed E-state index contributed by atoms with van der Waals surface area (Å²) in [5.41, 5.74) is 0.604. The molecule has 0 unspecified atom stereocenters. The fourth-order valence-electron chi connectivity index (χ4n) is 1.65. The summed E-state index contributed by atoms with van der Waals surface area (Å²) >= 11 is 0. The van der Waals surface area contributed by atoms with Crippen LogP contribution in [-0.4, -0.2) is 17.6 Å². The molecule has 0 spiro atoms. The molecule has 3 nitrogen and oxygen atoms in total. The molecule has 0 radical (unpaired) electrons. The van der Waals surface area contributed by atoms with Crippen LogP contribution in [0.1, 0.15) is 29.6 Å². The average Bonchev–Trinajstić information content (AvgIpc) is 2.16. The van der Waals surface area contributed by atoms with E-state index in [0.29, 0.717) is 11.5 Å². The van der Waals surface area contributed by atoms with E-state index in [9.17, 15) is 4.79 Å². The lowest BCUT2D eigenvalue weighted by atomic mass is 9.85. The van der Waals surface area contributed by atoms with Crippen LogP contribution < -0.4 is 5.32 Å². The Labute approximate surface area is 89.1 Å². The highest BCUT2D eigenvalue weighted by Gasteiger charge is 2.18. The van der Waals surface area contributed by atoms with Crippen LogP contribution in [0.15, 0.2) is 24.3 Å². The first-order valence-electron chi connectivity index (χ1n) is 5.33. The highest BCUT2D eigenvalue weighted by molar-refractivity contribution is 5.94. The van der Waals surface area contributed by atoms with E-state index >= 15 is 0 Å². The predicted octanol–water partition coefficient (Wildman–Crippen LogP) is 1.92. The summed E-state index contributed by atoms with van der Waals surface area (Å²) in [6.45, 7) is 0.777. The topological polar surface area (TPSA) is 49.3 Å². The zero-order chi connectivity index (χ0) is 10.7. The Hall–Kier alpha value is -1.51. The van der Waals surface area contributed by atoms with Crippen molar-refractivity contribution in [1.82, 2.24) is 5.32 Å². The number of aromatic hydroxyl groups is 1. The SMILES string of the molecule is O=C(NCC1CCC1)c1ccc(O)cc1. The summed E-state index contributed by atoms with van der Waals surface area (Å²) in [5.74, 6) is 0.804. The standard InChI is InChI=1S/C12H15NO2/c14-11-6-4-10(5-7-11)12(15)13-8-9-2-1-3-9/h4-7,9,14H,1-3,8H2,(H,13,15). The summed E-state index contributed by atoms with van der Waals surface area (Å²) < 4.78 is 0. The van der Waals surface area contributed by atoms with Gasteiger partial charge in [-0.1, -0.05) is 6.42 Å². The van der Waals surface area contributed by atoms with Gasteiger partial charge in [0.25, 0.3) is 5.91 Å². The van der Waals surface area contributed by atoms with Gasteiger partial charge in [0.1, 0.15) is 5.75 Å². The minimum Gasteiger partial charge on any atom is -0.508 e. The maximum Gasteiger partial charge on any atom is 0.251 e. The van der Waals surface area contributed by atoms with Gasteiger partial charge in [-0.2, -0.15) is 0 Å². The van der Waals surface area contributed by atoms with Gasteiger partial charge in [0.05, 0.1) is 0 Å². The quantitative estimate of drug-likeness (QED) is 0.792. The van der Waals surface area contributed by atoms with Crippen molar-refractivity contribution in [2.24, 2.45) is 5.92 Å². The minimum atomic E-state index is -0.0538. The number of nitrogens with one attached hydrogen (secondary N) is 1. The monoisotopic (exact) mass is 205 g/mol. The van der Waals surface area contributed by atoms with E-state index in [-0.39, 0.29) is 11.7 Å². The zero-order valence-corrected chi connectivity index (χ0v) is 8.57. The van der Waals surface area contributed by atoms with Crippen molar-refractivity contribution in [3.8, 4) is 5.75 Å². The first kappa shape index (κ1) is 10.0. The molecule has 1 aromatic rings. The smallest absolute Gasteiger partial charge is 0.251 e. The lowest BCUT2D eigenvalue weighted by molar-refractivity contribution is 0.0939. The molecule has 0 aromatic heterocycles. The number of hydrogen-bond acceptors (Lipinski definition) is 2. The van der Waals surface area contributed by atoms with Gasteiger partial charge in [-0.05, 0) is 43.0 Å².